The fourth-order valence-corrected chi connectivity index (χ4v) is 2.02. The molecule has 84 valence electrons. The molecule has 0 amide bonds. The van der Waals surface area contributed by atoms with Crippen LogP contribution in [0.4, 0.5) is 0 Å². The van der Waals surface area contributed by atoms with Crippen molar-refractivity contribution in [1.82, 2.24) is 15.1 Å². The van der Waals surface area contributed by atoms with Crippen LogP contribution in [0, 0.1) is 0 Å². The Morgan fingerprint density at radius 3 is 2.80 bits per heavy atom. The topological polar surface area (TPSA) is 29.9 Å². The highest BCUT2D eigenvalue weighted by atomic mass is 15.3. The van der Waals surface area contributed by atoms with E-state index in [0.717, 1.165) is 19.0 Å². The van der Waals surface area contributed by atoms with E-state index in [1.165, 1.54) is 24.1 Å². The van der Waals surface area contributed by atoms with E-state index in [4.69, 9.17) is 0 Å². The lowest BCUT2D eigenvalue weighted by molar-refractivity contribution is 0.508. The molecule has 15 heavy (non-hydrogen) atoms. The molecule has 0 aromatic carbocycles. The summed E-state index contributed by atoms with van der Waals surface area (Å²) in [6.07, 6.45) is 4.73. The molecule has 2 rings (SSSR count). The number of hydrogen-bond acceptors (Lipinski definition) is 2. The zero-order valence-electron chi connectivity index (χ0n) is 9.95. The van der Waals surface area contributed by atoms with Crippen molar-refractivity contribution < 1.29 is 0 Å². The Balaban J connectivity index is 2.21. The van der Waals surface area contributed by atoms with Gasteiger partial charge in [-0.25, -0.2) is 0 Å². The molecule has 0 bridgehead atoms. The number of rotatable bonds is 5. The number of hydrogen-bond donors (Lipinski definition) is 1. The minimum absolute atomic E-state index is 0.482. The molecule has 1 saturated carbocycles. The first-order valence-electron chi connectivity index (χ1n) is 6.01. The maximum Gasteiger partial charge on any atom is 0.0537 e. The predicted molar refractivity (Wildman–Crippen MR) is 62.0 cm³/mol. The average Bonchev–Trinajstić information content (AvgIpc) is 2.95. The third-order valence-electron chi connectivity index (χ3n) is 2.93. The van der Waals surface area contributed by atoms with Crippen LogP contribution in [0.2, 0.25) is 0 Å². The smallest absolute Gasteiger partial charge is 0.0537 e. The lowest BCUT2D eigenvalue weighted by Crippen LogP contribution is -2.14. The summed E-state index contributed by atoms with van der Waals surface area (Å²) in [5.74, 6) is 0.781. The van der Waals surface area contributed by atoms with E-state index in [1.54, 1.807) is 0 Å². The molecule has 0 spiro atoms. The van der Waals surface area contributed by atoms with Gasteiger partial charge in [0.25, 0.3) is 0 Å². The summed E-state index contributed by atoms with van der Waals surface area (Å²) in [5.41, 5.74) is 2.87. The van der Waals surface area contributed by atoms with Gasteiger partial charge in [0, 0.05) is 29.8 Å². The first-order chi connectivity index (χ1) is 7.24. The lowest BCUT2D eigenvalue weighted by atomic mass is 10.1. The molecule has 1 heterocycles. The molecular formula is C12H21N3. The second-order valence-electron chi connectivity index (χ2n) is 4.65. The van der Waals surface area contributed by atoms with E-state index >= 15 is 0 Å². The van der Waals surface area contributed by atoms with Crippen molar-refractivity contribution in [3.05, 3.63) is 17.5 Å². The van der Waals surface area contributed by atoms with Crippen molar-refractivity contribution >= 4 is 0 Å². The van der Waals surface area contributed by atoms with E-state index in [0.29, 0.717) is 6.04 Å². The van der Waals surface area contributed by atoms with Gasteiger partial charge in [0.15, 0.2) is 0 Å². The molecule has 3 nitrogen and oxygen atoms in total. The van der Waals surface area contributed by atoms with Gasteiger partial charge in [-0.3, -0.25) is 4.68 Å². The zero-order valence-corrected chi connectivity index (χ0v) is 9.95. The summed E-state index contributed by atoms with van der Waals surface area (Å²) in [6, 6.07) is 0.482. The number of nitrogens with one attached hydrogen (secondary N) is 1. The second kappa shape index (κ2) is 4.35. The summed E-state index contributed by atoms with van der Waals surface area (Å²) in [5, 5.41) is 7.89. The molecule has 0 aliphatic heterocycles. The van der Waals surface area contributed by atoms with Crippen LogP contribution in [0.25, 0.3) is 0 Å². The number of aromatic nitrogens is 2. The van der Waals surface area contributed by atoms with Crippen LogP contribution in [0.1, 0.15) is 56.8 Å². The molecular weight excluding hydrogens is 186 g/mol. The molecule has 1 aliphatic rings. The molecule has 1 aliphatic carbocycles. The normalized spacial score (nSPS) is 16.3. The molecule has 0 unspecified atom stereocenters. The molecule has 1 aromatic heterocycles. The van der Waals surface area contributed by atoms with Crippen molar-refractivity contribution in [1.29, 1.82) is 0 Å². The monoisotopic (exact) mass is 207 g/mol. The van der Waals surface area contributed by atoms with E-state index in [-0.39, 0.29) is 0 Å². The Hall–Kier alpha value is -0.830. The van der Waals surface area contributed by atoms with E-state index in [2.05, 4.69) is 35.9 Å². The first kappa shape index (κ1) is 10.7. The first-order valence-corrected chi connectivity index (χ1v) is 6.01. The molecule has 3 heteroatoms. The van der Waals surface area contributed by atoms with Crippen LogP contribution >= 0.6 is 0 Å². The van der Waals surface area contributed by atoms with Gasteiger partial charge in [-0.15, -0.1) is 0 Å². The van der Waals surface area contributed by atoms with Gasteiger partial charge in [-0.05, 0) is 33.2 Å². The van der Waals surface area contributed by atoms with Crippen LogP contribution in [0.5, 0.6) is 0 Å². The molecule has 1 N–H and O–H groups in total. The van der Waals surface area contributed by atoms with Crippen molar-refractivity contribution in [3.8, 4) is 0 Å². The maximum atomic E-state index is 4.51. The Bertz CT molecular complexity index is 324. The summed E-state index contributed by atoms with van der Waals surface area (Å²) in [4.78, 5) is 0. The van der Waals surface area contributed by atoms with Crippen molar-refractivity contribution in [3.63, 3.8) is 0 Å². The maximum absolute atomic E-state index is 4.51. The van der Waals surface area contributed by atoms with Crippen LogP contribution in [-0.4, -0.2) is 16.3 Å². The van der Waals surface area contributed by atoms with Gasteiger partial charge in [-0.2, -0.15) is 5.10 Å². The largest absolute Gasteiger partial charge is 0.313 e. The minimum atomic E-state index is 0.482. The highest BCUT2D eigenvalue weighted by molar-refractivity contribution is 5.26. The standard InChI is InChI=1S/C12H21N3/c1-4-13-7-11-8-14-15(9(2)3)12(11)10-5-6-10/h8-10,13H,4-7H2,1-3H3. The Morgan fingerprint density at radius 2 is 2.27 bits per heavy atom. The minimum Gasteiger partial charge on any atom is -0.313 e. The molecule has 1 fully saturated rings. The summed E-state index contributed by atoms with van der Waals surface area (Å²) in [6.45, 7) is 8.54. The van der Waals surface area contributed by atoms with E-state index in [1.807, 2.05) is 6.20 Å². The van der Waals surface area contributed by atoms with Crippen LogP contribution < -0.4 is 5.32 Å². The van der Waals surface area contributed by atoms with E-state index in [9.17, 15) is 0 Å². The Kier molecular flexibility index (Phi) is 3.10. The second-order valence-corrected chi connectivity index (χ2v) is 4.65. The zero-order chi connectivity index (χ0) is 10.8. The molecule has 0 radical (unpaired) electrons. The van der Waals surface area contributed by atoms with Gasteiger partial charge in [-0.1, -0.05) is 6.92 Å². The van der Waals surface area contributed by atoms with Crippen LogP contribution in [-0.2, 0) is 6.54 Å². The summed E-state index contributed by atoms with van der Waals surface area (Å²) >= 11 is 0. The quantitative estimate of drug-likeness (QED) is 0.803. The van der Waals surface area contributed by atoms with Gasteiger partial charge in [0.2, 0.25) is 0 Å². The third kappa shape index (κ3) is 2.23. The fraction of sp³-hybridized carbons (Fsp3) is 0.750. The Morgan fingerprint density at radius 1 is 1.53 bits per heavy atom. The van der Waals surface area contributed by atoms with Crippen LogP contribution in [0.3, 0.4) is 0 Å². The highest BCUT2D eigenvalue weighted by Crippen LogP contribution is 2.42. The fourth-order valence-electron chi connectivity index (χ4n) is 2.02. The van der Waals surface area contributed by atoms with Gasteiger partial charge in [0.1, 0.15) is 0 Å². The summed E-state index contributed by atoms with van der Waals surface area (Å²) in [7, 11) is 0. The van der Waals surface area contributed by atoms with Gasteiger partial charge < -0.3 is 5.32 Å². The third-order valence-corrected chi connectivity index (χ3v) is 2.93. The van der Waals surface area contributed by atoms with Crippen LogP contribution in [0.15, 0.2) is 6.20 Å². The van der Waals surface area contributed by atoms with Crippen molar-refractivity contribution in [2.45, 2.75) is 52.1 Å². The predicted octanol–water partition coefficient (Wildman–Crippen LogP) is 2.45. The molecule has 0 saturated heterocycles. The van der Waals surface area contributed by atoms with Crippen molar-refractivity contribution in [2.75, 3.05) is 6.54 Å². The molecule has 1 aromatic rings. The van der Waals surface area contributed by atoms with Gasteiger partial charge in [0.05, 0.1) is 6.20 Å². The molecule has 0 atom stereocenters. The van der Waals surface area contributed by atoms with Crippen molar-refractivity contribution in [2.24, 2.45) is 0 Å². The average molecular weight is 207 g/mol. The summed E-state index contributed by atoms with van der Waals surface area (Å²) < 4.78 is 2.20. The lowest BCUT2D eigenvalue weighted by Gasteiger charge is -2.12. The number of nitrogens with zero attached hydrogens (tertiary/aromatic N) is 2. The highest BCUT2D eigenvalue weighted by Gasteiger charge is 2.30. The Labute approximate surface area is 91.9 Å². The van der Waals surface area contributed by atoms with E-state index < -0.39 is 0 Å². The SMILES string of the molecule is CCNCc1cnn(C(C)C)c1C1CC1. The van der Waals surface area contributed by atoms with Gasteiger partial charge >= 0.3 is 0 Å².